The van der Waals surface area contributed by atoms with Crippen LogP contribution in [0.25, 0.3) is 0 Å². The molecule has 2 aromatic rings. The molecule has 1 aromatic carbocycles. The topological polar surface area (TPSA) is 42.4 Å². The van der Waals surface area contributed by atoms with Crippen molar-refractivity contribution in [2.24, 2.45) is 5.73 Å². The SMILES string of the molecule is Cc1occc1CN(C)c1ccc(CN)c(F)c1. The molecule has 96 valence electrons. The van der Waals surface area contributed by atoms with Crippen molar-refractivity contribution in [1.82, 2.24) is 0 Å². The molecule has 18 heavy (non-hydrogen) atoms. The summed E-state index contributed by atoms with van der Waals surface area (Å²) in [6, 6.07) is 7.04. The maximum Gasteiger partial charge on any atom is 0.129 e. The fraction of sp³-hybridized carbons (Fsp3) is 0.286. The van der Waals surface area contributed by atoms with Crippen molar-refractivity contribution < 1.29 is 8.81 Å². The molecule has 0 aliphatic rings. The number of nitrogens with two attached hydrogens (primary N) is 1. The third-order valence-corrected chi connectivity index (χ3v) is 3.07. The van der Waals surface area contributed by atoms with Crippen LogP contribution >= 0.6 is 0 Å². The van der Waals surface area contributed by atoms with Gasteiger partial charge in [-0.1, -0.05) is 6.07 Å². The molecule has 4 heteroatoms. The van der Waals surface area contributed by atoms with Gasteiger partial charge in [0.25, 0.3) is 0 Å². The Bertz CT molecular complexity index is 536. The largest absolute Gasteiger partial charge is 0.469 e. The number of nitrogens with zero attached hydrogens (tertiary/aromatic N) is 1. The average Bonchev–Trinajstić information content (AvgIpc) is 2.75. The van der Waals surface area contributed by atoms with E-state index in [0.29, 0.717) is 12.1 Å². The van der Waals surface area contributed by atoms with Crippen LogP contribution in [0.3, 0.4) is 0 Å². The number of rotatable bonds is 4. The highest BCUT2D eigenvalue weighted by molar-refractivity contribution is 5.48. The van der Waals surface area contributed by atoms with Crippen LogP contribution in [0.15, 0.2) is 34.9 Å². The molecule has 0 unspecified atom stereocenters. The Labute approximate surface area is 106 Å². The normalized spacial score (nSPS) is 10.7. The number of benzene rings is 1. The zero-order valence-electron chi connectivity index (χ0n) is 10.6. The second-order valence-electron chi connectivity index (χ2n) is 4.34. The minimum Gasteiger partial charge on any atom is -0.469 e. The Balaban J connectivity index is 2.16. The van der Waals surface area contributed by atoms with E-state index in [1.54, 1.807) is 12.3 Å². The molecule has 2 rings (SSSR count). The molecule has 0 radical (unpaired) electrons. The lowest BCUT2D eigenvalue weighted by molar-refractivity contribution is 0.529. The van der Waals surface area contributed by atoms with Crippen LogP contribution in [0.5, 0.6) is 0 Å². The maximum atomic E-state index is 13.6. The van der Waals surface area contributed by atoms with Crippen molar-refractivity contribution >= 4 is 5.69 Å². The fourth-order valence-corrected chi connectivity index (χ4v) is 1.86. The van der Waals surface area contributed by atoms with Crippen molar-refractivity contribution in [1.29, 1.82) is 0 Å². The van der Waals surface area contributed by atoms with E-state index in [1.165, 1.54) is 6.07 Å². The van der Waals surface area contributed by atoms with E-state index in [2.05, 4.69) is 0 Å². The average molecular weight is 248 g/mol. The van der Waals surface area contributed by atoms with Gasteiger partial charge in [-0.3, -0.25) is 0 Å². The van der Waals surface area contributed by atoms with Gasteiger partial charge in [-0.05, 0) is 25.1 Å². The van der Waals surface area contributed by atoms with Gasteiger partial charge in [0, 0.05) is 37.0 Å². The maximum absolute atomic E-state index is 13.6. The predicted octanol–water partition coefficient (Wildman–Crippen LogP) is 2.82. The third kappa shape index (κ3) is 2.54. The second-order valence-corrected chi connectivity index (χ2v) is 4.34. The van der Waals surface area contributed by atoms with Crippen molar-refractivity contribution in [3.05, 3.63) is 53.2 Å². The smallest absolute Gasteiger partial charge is 0.129 e. The lowest BCUT2D eigenvalue weighted by atomic mass is 10.1. The quantitative estimate of drug-likeness (QED) is 0.904. The fourth-order valence-electron chi connectivity index (χ4n) is 1.86. The first-order valence-corrected chi connectivity index (χ1v) is 5.84. The van der Waals surface area contributed by atoms with E-state index in [-0.39, 0.29) is 12.4 Å². The highest BCUT2D eigenvalue weighted by Gasteiger charge is 2.08. The lowest BCUT2D eigenvalue weighted by Crippen LogP contribution is -2.17. The summed E-state index contributed by atoms with van der Waals surface area (Å²) in [5, 5.41) is 0. The number of halogens is 1. The summed E-state index contributed by atoms with van der Waals surface area (Å²) in [7, 11) is 1.92. The number of anilines is 1. The van der Waals surface area contributed by atoms with E-state index in [0.717, 1.165) is 17.0 Å². The molecule has 3 nitrogen and oxygen atoms in total. The molecule has 1 aromatic heterocycles. The van der Waals surface area contributed by atoms with Crippen LogP contribution in [-0.2, 0) is 13.1 Å². The first-order valence-electron chi connectivity index (χ1n) is 5.84. The van der Waals surface area contributed by atoms with Gasteiger partial charge in [-0.25, -0.2) is 4.39 Å². The van der Waals surface area contributed by atoms with E-state index in [1.807, 2.05) is 31.0 Å². The lowest BCUT2D eigenvalue weighted by Gasteiger charge is -2.19. The Morgan fingerprint density at radius 2 is 2.06 bits per heavy atom. The van der Waals surface area contributed by atoms with E-state index < -0.39 is 0 Å². The van der Waals surface area contributed by atoms with Crippen LogP contribution in [0.2, 0.25) is 0 Å². The third-order valence-electron chi connectivity index (χ3n) is 3.07. The molecule has 0 bridgehead atoms. The van der Waals surface area contributed by atoms with Gasteiger partial charge in [-0.2, -0.15) is 0 Å². The van der Waals surface area contributed by atoms with E-state index in [4.69, 9.17) is 10.2 Å². The molecule has 0 aliphatic heterocycles. The first kappa shape index (κ1) is 12.6. The molecule has 0 fully saturated rings. The van der Waals surface area contributed by atoms with Gasteiger partial charge in [0.15, 0.2) is 0 Å². The monoisotopic (exact) mass is 248 g/mol. The summed E-state index contributed by atoms with van der Waals surface area (Å²) < 4.78 is 18.9. The molecular formula is C14H17FN2O. The molecule has 0 saturated carbocycles. The number of hydrogen-bond acceptors (Lipinski definition) is 3. The molecule has 2 N–H and O–H groups in total. The van der Waals surface area contributed by atoms with E-state index >= 15 is 0 Å². The van der Waals surface area contributed by atoms with Gasteiger partial charge in [0.1, 0.15) is 11.6 Å². The predicted molar refractivity (Wildman–Crippen MR) is 69.8 cm³/mol. The van der Waals surface area contributed by atoms with Crippen LogP contribution < -0.4 is 10.6 Å². The number of furan rings is 1. The summed E-state index contributed by atoms with van der Waals surface area (Å²) in [5.41, 5.74) is 7.90. The van der Waals surface area contributed by atoms with Gasteiger partial charge >= 0.3 is 0 Å². The van der Waals surface area contributed by atoms with Crippen LogP contribution in [-0.4, -0.2) is 7.05 Å². The first-order chi connectivity index (χ1) is 8.61. The van der Waals surface area contributed by atoms with Gasteiger partial charge in [-0.15, -0.1) is 0 Å². The Morgan fingerprint density at radius 1 is 1.28 bits per heavy atom. The Hall–Kier alpha value is -1.81. The summed E-state index contributed by atoms with van der Waals surface area (Å²) in [4.78, 5) is 1.97. The van der Waals surface area contributed by atoms with Gasteiger partial charge < -0.3 is 15.1 Å². The molecule has 0 saturated heterocycles. The summed E-state index contributed by atoms with van der Waals surface area (Å²) in [5.74, 6) is 0.631. The zero-order valence-corrected chi connectivity index (χ0v) is 10.6. The van der Waals surface area contributed by atoms with Crippen LogP contribution in [0, 0.1) is 12.7 Å². The highest BCUT2D eigenvalue weighted by Crippen LogP contribution is 2.20. The summed E-state index contributed by atoms with van der Waals surface area (Å²) in [6.07, 6.45) is 1.66. The Kier molecular flexibility index (Phi) is 3.67. The van der Waals surface area contributed by atoms with Crippen molar-refractivity contribution in [2.45, 2.75) is 20.0 Å². The van der Waals surface area contributed by atoms with Gasteiger partial charge in [0.05, 0.1) is 6.26 Å². The molecule has 0 spiro atoms. The summed E-state index contributed by atoms with van der Waals surface area (Å²) >= 11 is 0. The zero-order chi connectivity index (χ0) is 13.1. The molecule has 0 atom stereocenters. The number of hydrogen-bond donors (Lipinski definition) is 1. The highest BCUT2D eigenvalue weighted by atomic mass is 19.1. The number of aryl methyl sites for hydroxylation is 1. The second kappa shape index (κ2) is 5.23. The van der Waals surface area contributed by atoms with Gasteiger partial charge in [0.2, 0.25) is 0 Å². The molecular weight excluding hydrogens is 231 g/mol. The standard InChI is InChI=1S/C14H17FN2O/c1-10-12(5-6-18-10)9-17(2)13-4-3-11(8-16)14(15)7-13/h3-7H,8-9,16H2,1-2H3. The van der Waals surface area contributed by atoms with Crippen LogP contribution in [0.4, 0.5) is 10.1 Å². The van der Waals surface area contributed by atoms with Crippen molar-refractivity contribution in [2.75, 3.05) is 11.9 Å². The van der Waals surface area contributed by atoms with Crippen LogP contribution in [0.1, 0.15) is 16.9 Å². The summed E-state index contributed by atoms with van der Waals surface area (Å²) in [6.45, 7) is 2.82. The minimum atomic E-state index is -0.259. The van der Waals surface area contributed by atoms with Crippen molar-refractivity contribution in [3.63, 3.8) is 0 Å². The Morgan fingerprint density at radius 3 is 2.61 bits per heavy atom. The minimum absolute atomic E-state index is 0.219. The van der Waals surface area contributed by atoms with Crippen molar-refractivity contribution in [3.8, 4) is 0 Å². The van der Waals surface area contributed by atoms with E-state index in [9.17, 15) is 4.39 Å². The molecule has 0 amide bonds. The molecule has 1 heterocycles. The molecule has 0 aliphatic carbocycles.